The second-order valence-corrected chi connectivity index (χ2v) is 8.72. The van der Waals surface area contributed by atoms with Gasteiger partial charge in [-0.2, -0.15) is 0 Å². The Hall–Kier alpha value is -3.06. The molecule has 0 spiro atoms. The van der Waals surface area contributed by atoms with Crippen LogP contribution in [0.3, 0.4) is 0 Å². The van der Waals surface area contributed by atoms with Gasteiger partial charge in [-0.1, -0.05) is 18.2 Å². The molecule has 1 N–H and O–H groups in total. The molecule has 1 aliphatic rings. The van der Waals surface area contributed by atoms with E-state index in [1.54, 1.807) is 18.3 Å². The zero-order valence-electron chi connectivity index (χ0n) is 15.6. The molecule has 0 unspecified atom stereocenters. The number of sulfonamides is 1. The number of fused-ring (bicyclic) bond motifs is 2. The first-order valence-electron chi connectivity index (χ1n) is 9.02. The summed E-state index contributed by atoms with van der Waals surface area (Å²) in [7, 11) is -3.62. The first kappa shape index (κ1) is 19.3. The zero-order valence-corrected chi connectivity index (χ0v) is 16.4. The lowest BCUT2D eigenvalue weighted by Crippen LogP contribution is -2.11. The molecule has 4 nitrogen and oxygen atoms in total. The molecule has 1 aromatic heterocycles. The van der Waals surface area contributed by atoms with Crippen LogP contribution in [0, 0.1) is 11.6 Å². The van der Waals surface area contributed by atoms with E-state index >= 15 is 0 Å². The van der Waals surface area contributed by atoms with Gasteiger partial charge in [0, 0.05) is 17.5 Å². The summed E-state index contributed by atoms with van der Waals surface area (Å²) in [6.07, 6.45) is 5.86. The number of hydrogen-bond acceptors (Lipinski definition) is 3. The molecule has 0 bridgehead atoms. The Morgan fingerprint density at radius 2 is 1.86 bits per heavy atom. The van der Waals surface area contributed by atoms with Crippen molar-refractivity contribution in [3.05, 3.63) is 94.3 Å². The molecule has 0 atom stereocenters. The van der Waals surface area contributed by atoms with E-state index < -0.39 is 15.8 Å². The van der Waals surface area contributed by atoms with E-state index in [0.29, 0.717) is 18.4 Å². The maximum atomic E-state index is 14.1. The molecular formula is C22H18F2N2O2S. The average molecular weight is 412 g/mol. The van der Waals surface area contributed by atoms with Gasteiger partial charge in [-0.25, -0.2) is 17.2 Å². The monoisotopic (exact) mass is 412 g/mol. The number of anilines is 1. The molecule has 0 fully saturated rings. The molecule has 1 heterocycles. The summed E-state index contributed by atoms with van der Waals surface area (Å²) in [5.74, 6) is -0.966. The Kier molecular flexibility index (Phi) is 4.92. The first-order valence-corrected chi connectivity index (χ1v) is 10.9. The summed E-state index contributed by atoms with van der Waals surface area (Å²) in [6.45, 7) is 0. The summed E-state index contributed by atoms with van der Waals surface area (Å²) in [4.78, 5) is 4.47. The third kappa shape index (κ3) is 4.19. The Morgan fingerprint density at radius 3 is 2.66 bits per heavy atom. The first-order chi connectivity index (χ1) is 13.8. The topological polar surface area (TPSA) is 59.1 Å². The van der Waals surface area contributed by atoms with Crippen molar-refractivity contribution in [3.63, 3.8) is 0 Å². The molecule has 148 valence electrons. The van der Waals surface area contributed by atoms with Gasteiger partial charge in [-0.15, -0.1) is 0 Å². The van der Waals surface area contributed by atoms with Gasteiger partial charge in [0.15, 0.2) is 0 Å². The van der Waals surface area contributed by atoms with Crippen LogP contribution in [0.4, 0.5) is 14.5 Å². The summed E-state index contributed by atoms with van der Waals surface area (Å²) < 4.78 is 53.1. The van der Waals surface area contributed by atoms with Gasteiger partial charge in [0.25, 0.3) is 0 Å². The smallest absolute Gasteiger partial charge is 0.229 e. The zero-order chi connectivity index (χ0) is 20.6. The number of benzene rings is 2. The number of hydrogen-bond donors (Lipinski definition) is 1. The minimum Gasteiger partial charge on any atom is -0.281 e. The van der Waals surface area contributed by atoms with Gasteiger partial charge in [0.05, 0.1) is 11.9 Å². The Balaban J connectivity index is 1.90. The van der Waals surface area contributed by atoms with Crippen LogP contribution in [0.15, 0.2) is 54.7 Å². The van der Waals surface area contributed by atoms with E-state index in [-0.39, 0.29) is 11.5 Å². The molecule has 7 heteroatoms. The molecule has 4 rings (SSSR count). The van der Waals surface area contributed by atoms with Crippen LogP contribution >= 0.6 is 0 Å². The predicted molar refractivity (Wildman–Crippen MR) is 110 cm³/mol. The van der Waals surface area contributed by atoms with Crippen LogP contribution in [0.2, 0.25) is 0 Å². The molecule has 0 saturated heterocycles. The molecule has 1 aliphatic carbocycles. The van der Waals surface area contributed by atoms with Crippen LogP contribution in [0.25, 0.3) is 11.6 Å². The van der Waals surface area contributed by atoms with Gasteiger partial charge >= 0.3 is 0 Å². The minimum atomic E-state index is -3.62. The molecule has 2 aromatic carbocycles. The fourth-order valence-electron chi connectivity index (χ4n) is 3.55. The van der Waals surface area contributed by atoms with Crippen molar-refractivity contribution in [2.24, 2.45) is 0 Å². The largest absolute Gasteiger partial charge is 0.281 e. The third-order valence-electron chi connectivity index (χ3n) is 4.77. The Morgan fingerprint density at radius 1 is 1.03 bits per heavy atom. The SMILES string of the molecule is CS(=O)(=O)Nc1cc(C=C2c3ccc(F)cc3CCc3ncccc32)ccc1F. The van der Waals surface area contributed by atoms with Gasteiger partial charge < -0.3 is 0 Å². The highest BCUT2D eigenvalue weighted by atomic mass is 32.2. The molecule has 0 saturated carbocycles. The van der Waals surface area contributed by atoms with Crippen molar-refractivity contribution in [1.29, 1.82) is 0 Å². The van der Waals surface area contributed by atoms with E-state index in [0.717, 1.165) is 34.2 Å². The number of pyridine rings is 1. The lowest BCUT2D eigenvalue weighted by molar-refractivity contribution is 0.603. The van der Waals surface area contributed by atoms with Crippen LogP contribution in [-0.2, 0) is 22.9 Å². The van der Waals surface area contributed by atoms with Crippen molar-refractivity contribution in [2.45, 2.75) is 12.8 Å². The maximum Gasteiger partial charge on any atom is 0.229 e. The highest BCUT2D eigenvalue weighted by Gasteiger charge is 2.19. The van der Waals surface area contributed by atoms with Crippen molar-refractivity contribution < 1.29 is 17.2 Å². The highest BCUT2D eigenvalue weighted by molar-refractivity contribution is 7.92. The summed E-state index contributed by atoms with van der Waals surface area (Å²) in [5.41, 5.74) is 4.87. The lowest BCUT2D eigenvalue weighted by Gasteiger charge is -2.13. The predicted octanol–water partition coefficient (Wildman–Crippen LogP) is 4.42. The quantitative estimate of drug-likeness (QED) is 0.693. The molecule has 0 aliphatic heterocycles. The number of halogens is 2. The minimum absolute atomic E-state index is 0.124. The maximum absolute atomic E-state index is 14.1. The van der Waals surface area contributed by atoms with Crippen molar-refractivity contribution in [3.8, 4) is 0 Å². The van der Waals surface area contributed by atoms with E-state index in [2.05, 4.69) is 9.71 Å². The Labute approximate surface area is 168 Å². The average Bonchev–Trinajstić information content (AvgIpc) is 2.81. The van der Waals surface area contributed by atoms with E-state index in [1.165, 1.54) is 24.3 Å². The van der Waals surface area contributed by atoms with Crippen molar-refractivity contribution >= 4 is 27.4 Å². The normalized spacial score (nSPS) is 14.8. The molecule has 3 aromatic rings. The fraction of sp³-hybridized carbons (Fsp3) is 0.136. The summed E-state index contributed by atoms with van der Waals surface area (Å²) in [5, 5.41) is 0. The molecule has 29 heavy (non-hydrogen) atoms. The second-order valence-electron chi connectivity index (χ2n) is 6.97. The number of nitrogens with zero attached hydrogens (tertiary/aromatic N) is 1. The summed E-state index contributed by atoms with van der Waals surface area (Å²) in [6, 6.07) is 12.7. The summed E-state index contributed by atoms with van der Waals surface area (Å²) >= 11 is 0. The third-order valence-corrected chi connectivity index (χ3v) is 5.36. The van der Waals surface area contributed by atoms with Crippen LogP contribution in [0.5, 0.6) is 0 Å². The standard InChI is InChI=1S/C22H18F2N2O2S/c1-29(27,28)26-22-12-14(4-8-20(22)24)11-19-17-7-6-16(23)13-15(17)5-9-21-18(19)3-2-10-25-21/h2-4,6-8,10-13,26H,5,9H2,1H3. The van der Waals surface area contributed by atoms with Crippen LogP contribution < -0.4 is 4.72 Å². The Bertz CT molecular complexity index is 1240. The lowest BCUT2D eigenvalue weighted by atomic mass is 9.93. The van der Waals surface area contributed by atoms with Crippen LogP contribution in [0.1, 0.15) is 27.9 Å². The van der Waals surface area contributed by atoms with E-state index in [9.17, 15) is 17.2 Å². The number of aryl methyl sites for hydroxylation is 2. The molecular weight excluding hydrogens is 394 g/mol. The molecule has 0 radical (unpaired) electrons. The van der Waals surface area contributed by atoms with Crippen molar-refractivity contribution in [2.75, 3.05) is 11.0 Å². The van der Waals surface area contributed by atoms with E-state index in [1.807, 2.05) is 18.2 Å². The van der Waals surface area contributed by atoms with E-state index in [4.69, 9.17) is 0 Å². The number of aromatic nitrogens is 1. The van der Waals surface area contributed by atoms with Gasteiger partial charge in [0.2, 0.25) is 10.0 Å². The number of rotatable bonds is 3. The van der Waals surface area contributed by atoms with Gasteiger partial charge in [0.1, 0.15) is 11.6 Å². The van der Waals surface area contributed by atoms with Gasteiger partial charge in [-0.3, -0.25) is 9.71 Å². The van der Waals surface area contributed by atoms with Gasteiger partial charge in [-0.05, 0) is 71.5 Å². The highest BCUT2D eigenvalue weighted by Crippen LogP contribution is 2.35. The fourth-order valence-corrected chi connectivity index (χ4v) is 4.10. The molecule has 0 amide bonds. The van der Waals surface area contributed by atoms with Crippen molar-refractivity contribution in [1.82, 2.24) is 4.98 Å². The number of nitrogens with one attached hydrogen (secondary N) is 1. The second kappa shape index (κ2) is 7.40. The van der Waals surface area contributed by atoms with Crippen LogP contribution in [-0.4, -0.2) is 19.7 Å².